The van der Waals surface area contributed by atoms with E-state index in [1.165, 1.54) is 25.3 Å². The number of hydrogen-bond donors (Lipinski definition) is 0. The molecule has 0 bridgehead atoms. The van der Waals surface area contributed by atoms with E-state index in [9.17, 15) is 4.39 Å². The molecular weight excluding hydrogens is 391 g/mol. The summed E-state index contributed by atoms with van der Waals surface area (Å²) < 4.78 is 29.4. The Morgan fingerprint density at radius 3 is 2.59 bits per heavy atom. The summed E-state index contributed by atoms with van der Waals surface area (Å²) in [5.41, 5.74) is 0. The zero-order chi connectivity index (χ0) is 21.0. The van der Waals surface area contributed by atoms with Crippen molar-refractivity contribution in [2.45, 2.75) is 71.4 Å². The number of para-hydroxylation sites is 1. The molecule has 0 radical (unpaired) electrons. The molecule has 0 amide bonds. The van der Waals surface area contributed by atoms with Crippen LogP contribution in [0.1, 0.15) is 51.9 Å². The van der Waals surface area contributed by atoms with E-state index in [1.54, 1.807) is 25.3 Å². The van der Waals surface area contributed by atoms with Crippen LogP contribution < -0.4 is 4.74 Å². The smallest absolute Gasteiger partial charge is 0.199 e. The van der Waals surface area contributed by atoms with Crippen molar-refractivity contribution in [3.05, 3.63) is 40.7 Å². The first-order valence-corrected chi connectivity index (χ1v) is 10.6. The normalized spacial score (nSPS) is 21.3. The fourth-order valence-electron chi connectivity index (χ4n) is 4.03. The van der Waals surface area contributed by atoms with Crippen molar-refractivity contribution in [3.8, 4) is 5.75 Å². The summed E-state index contributed by atoms with van der Waals surface area (Å²) in [5.74, 6) is 0.482. The number of likely N-dealkylation sites (tertiary alicyclic amines) is 1. The van der Waals surface area contributed by atoms with Crippen LogP contribution in [0.25, 0.3) is 0 Å². The highest BCUT2D eigenvalue weighted by Gasteiger charge is 2.26. The van der Waals surface area contributed by atoms with Crippen LogP contribution in [-0.4, -0.2) is 45.0 Å². The Hall–Kier alpha value is -1.77. The summed E-state index contributed by atoms with van der Waals surface area (Å²) in [6, 6.07) is 7.35. The van der Waals surface area contributed by atoms with Crippen molar-refractivity contribution in [2.75, 3.05) is 13.7 Å². The lowest BCUT2D eigenvalue weighted by atomic mass is 9.98. The van der Waals surface area contributed by atoms with Crippen molar-refractivity contribution < 1.29 is 13.9 Å². The topological polar surface area (TPSA) is 44.5 Å². The molecule has 1 aliphatic rings. The van der Waals surface area contributed by atoms with Gasteiger partial charge in [-0.15, -0.1) is 0 Å². The van der Waals surface area contributed by atoms with Crippen molar-refractivity contribution in [2.24, 2.45) is 0 Å². The molecule has 3 atom stereocenters. The molecular formula is C21H31FN4O2S. The zero-order valence-electron chi connectivity index (χ0n) is 17.7. The van der Waals surface area contributed by atoms with Crippen LogP contribution in [0.5, 0.6) is 5.75 Å². The first-order valence-electron chi connectivity index (χ1n) is 10.2. The van der Waals surface area contributed by atoms with Crippen LogP contribution in [0.3, 0.4) is 0 Å². The lowest BCUT2D eigenvalue weighted by molar-refractivity contribution is 0.0630. The monoisotopic (exact) mass is 422 g/mol. The molecule has 1 aromatic carbocycles. The Morgan fingerprint density at radius 2 is 1.93 bits per heavy atom. The number of aromatic nitrogens is 3. The second kappa shape index (κ2) is 9.82. The van der Waals surface area contributed by atoms with Gasteiger partial charge in [-0.25, -0.2) is 9.07 Å². The van der Waals surface area contributed by atoms with E-state index in [0.29, 0.717) is 36.0 Å². The number of rotatable bonds is 8. The summed E-state index contributed by atoms with van der Waals surface area (Å²) in [4.78, 5) is 2.44. The molecule has 160 valence electrons. The first kappa shape index (κ1) is 21.9. The van der Waals surface area contributed by atoms with Gasteiger partial charge < -0.3 is 9.47 Å². The van der Waals surface area contributed by atoms with Crippen LogP contribution in [-0.2, 0) is 18.0 Å². The summed E-state index contributed by atoms with van der Waals surface area (Å²) >= 11 is 5.76. The molecule has 2 aromatic rings. The highest BCUT2D eigenvalue weighted by atomic mass is 32.1. The summed E-state index contributed by atoms with van der Waals surface area (Å²) in [6.07, 6.45) is 3.62. The van der Waals surface area contributed by atoms with Gasteiger partial charge >= 0.3 is 0 Å². The first-order chi connectivity index (χ1) is 13.9. The molecule has 8 heteroatoms. The largest absolute Gasteiger partial charge is 0.483 e. The van der Waals surface area contributed by atoms with Crippen molar-refractivity contribution in [1.82, 2.24) is 19.2 Å². The molecule has 0 saturated carbocycles. The minimum Gasteiger partial charge on any atom is -0.483 e. The summed E-state index contributed by atoms with van der Waals surface area (Å²) in [5, 5.41) is 4.75. The third kappa shape index (κ3) is 5.05. The zero-order valence-corrected chi connectivity index (χ0v) is 18.5. The fraction of sp³-hybridized carbons (Fsp3) is 0.619. The molecule has 1 aromatic heterocycles. The van der Waals surface area contributed by atoms with Gasteiger partial charge in [-0.2, -0.15) is 5.10 Å². The molecule has 0 N–H and O–H groups in total. The van der Waals surface area contributed by atoms with E-state index in [-0.39, 0.29) is 18.4 Å². The number of hydrogen-bond acceptors (Lipinski definition) is 5. The predicted octanol–water partition coefficient (Wildman–Crippen LogP) is 4.56. The van der Waals surface area contributed by atoms with E-state index in [0.717, 1.165) is 0 Å². The Labute approximate surface area is 177 Å². The van der Waals surface area contributed by atoms with Gasteiger partial charge in [-0.05, 0) is 58.0 Å². The minimum absolute atomic E-state index is 0.00308. The Balaban J connectivity index is 1.87. The van der Waals surface area contributed by atoms with Crippen molar-refractivity contribution in [3.63, 3.8) is 0 Å². The van der Waals surface area contributed by atoms with Crippen molar-refractivity contribution >= 4 is 12.2 Å². The van der Waals surface area contributed by atoms with Gasteiger partial charge in [0.2, 0.25) is 0 Å². The van der Waals surface area contributed by atoms with Gasteiger partial charge in [0.15, 0.2) is 22.2 Å². The van der Waals surface area contributed by atoms with Crippen LogP contribution in [0.15, 0.2) is 24.3 Å². The van der Waals surface area contributed by atoms with Crippen LogP contribution in [0.4, 0.5) is 4.39 Å². The lowest BCUT2D eigenvalue weighted by Crippen LogP contribution is -2.44. The number of methoxy groups -OCH3 is 1. The van der Waals surface area contributed by atoms with Crippen LogP contribution in [0, 0.1) is 10.6 Å². The minimum atomic E-state index is -0.391. The number of halogens is 1. The maximum atomic E-state index is 13.9. The van der Waals surface area contributed by atoms with Crippen molar-refractivity contribution in [1.29, 1.82) is 0 Å². The van der Waals surface area contributed by atoms with Gasteiger partial charge in [0.1, 0.15) is 6.61 Å². The van der Waals surface area contributed by atoms with E-state index >= 15 is 0 Å². The number of piperidine rings is 1. The van der Waals surface area contributed by atoms with Crippen LogP contribution >= 0.6 is 12.2 Å². The Morgan fingerprint density at radius 1 is 1.24 bits per heavy atom. The number of nitrogens with zero attached hydrogens (tertiary/aromatic N) is 4. The van der Waals surface area contributed by atoms with Gasteiger partial charge in [0.05, 0.1) is 19.3 Å². The van der Waals surface area contributed by atoms with E-state index < -0.39 is 5.82 Å². The number of ether oxygens (including phenoxy) is 2. The standard InChI is InChI=1S/C21H31FN4O2S/c1-15-8-7-9-16(2)24(15)14-25-21(29)26(17(3)12-27-4)20(23-25)13-28-19-11-6-5-10-18(19)22/h5-6,10-11,15-17H,7-9,12-14H2,1-4H3/t15-,16+,17-/m0/s1. The maximum absolute atomic E-state index is 13.9. The summed E-state index contributed by atoms with van der Waals surface area (Å²) in [6.45, 7) is 7.82. The van der Waals surface area contributed by atoms with E-state index in [2.05, 4.69) is 18.7 Å². The number of benzene rings is 1. The van der Waals surface area contributed by atoms with E-state index in [1.807, 2.05) is 16.2 Å². The molecule has 1 saturated heterocycles. The molecule has 0 aliphatic carbocycles. The molecule has 29 heavy (non-hydrogen) atoms. The third-order valence-electron chi connectivity index (χ3n) is 5.66. The third-order valence-corrected chi connectivity index (χ3v) is 6.06. The predicted molar refractivity (Wildman–Crippen MR) is 113 cm³/mol. The average Bonchev–Trinajstić information content (AvgIpc) is 3.00. The fourth-order valence-corrected chi connectivity index (χ4v) is 4.41. The highest BCUT2D eigenvalue weighted by molar-refractivity contribution is 7.71. The van der Waals surface area contributed by atoms with Crippen LogP contribution in [0.2, 0.25) is 0 Å². The SMILES string of the molecule is COC[C@H](C)n1c(COc2ccccc2F)nn(CN2[C@H](C)CCC[C@@H]2C)c1=S. The Bertz CT molecular complexity index is 859. The summed E-state index contributed by atoms with van der Waals surface area (Å²) in [7, 11) is 1.66. The molecule has 1 fully saturated rings. The second-order valence-electron chi connectivity index (χ2n) is 7.88. The Kier molecular flexibility index (Phi) is 7.43. The maximum Gasteiger partial charge on any atom is 0.199 e. The van der Waals surface area contributed by atoms with Gasteiger partial charge in [-0.1, -0.05) is 18.6 Å². The lowest BCUT2D eigenvalue weighted by Gasteiger charge is -2.38. The molecule has 3 rings (SSSR count). The molecule has 2 heterocycles. The average molecular weight is 423 g/mol. The molecule has 0 unspecified atom stereocenters. The van der Waals surface area contributed by atoms with Gasteiger partial charge in [-0.3, -0.25) is 9.47 Å². The molecule has 1 aliphatic heterocycles. The quantitative estimate of drug-likeness (QED) is 0.584. The van der Waals surface area contributed by atoms with Gasteiger partial charge in [0.25, 0.3) is 0 Å². The van der Waals surface area contributed by atoms with E-state index in [4.69, 9.17) is 26.8 Å². The molecule has 0 spiro atoms. The highest BCUT2D eigenvalue weighted by Crippen LogP contribution is 2.24. The second-order valence-corrected chi connectivity index (χ2v) is 8.24. The van der Waals surface area contributed by atoms with Gasteiger partial charge in [0, 0.05) is 19.2 Å². The molecule has 6 nitrogen and oxygen atoms in total.